The van der Waals surface area contributed by atoms with Crippen molar-refractivity contribution in [2.45, 2.75) is 37.5 Å². The van der Waals surface area contributed by atoms with Crippen molar-refractivity contribution in [2.75, 3.05) is 11.1 Å². The summed E-state index contributed by atoms with van der Waals surface area (Å²) >= 11 is 2.00. The molecule has 0 amide bonds. The summed E-state index contributed by atoms with van der Waals surface area (Å²) in [6, 6.07) is 2.12. The number of nitrogens with one attached hydrogen (secondary N) is 1. The average molecular weight is 266 g/mol. The molecular weight excluding hydrogens is 248 g/mol. The zero-order valence-electron chi connectivity index (χ0n) is 10.4. The maximum atomic E-state index is 11.1. The molecule has 1 aromatic heterocycles. The van der Waals surface area contributed by atoms with Crippen LogP contribution in [-0.2, 0) is 0 Å². The van der Waals surface area contributed by atoms with Crippen LogP contribution < -0.4 is 5.32 Å². The Labute approximate surface area is 111 Å². The minimum atomic E-state index is -0.928. The quantitative estimate of drug-likeness (QED) is 0.858. The van der Waals surface area contributed by atoms with Gasteiger partial charge in [-0.3, -0.25) is 4.98 Å². The molecule has 0 bridgehead atoms. The molecule has 2 N–H and O–H groups in total. The van der Waals surface area contributed by atoms with Gasteiger partial charge in [0.2, 0.25) is 0 Å². The molecule has 1 aromatic rings. The summed E-state index contributed by atoms with van der Waals surface area (Å²) < 4.78 is 0. The molecule has 1 fully saturated rings. The predicted molar refractivity (Wildman–Crippen MR) is 74.4 cm³/mol. The van der Waals surface area contributed by atoms with Gasteiger partial charge in [0.15, 0.2) is 0 Å². The summed E-state index contributed by atoms with van der Waals surface area (Å²) in [5.74, 6) is 0.218. The number of aromatic carboxylic acids is 1. The van der Waals surface area contributed by atoms with Crippen LogP contribution in [0.4, 0.5) is 5.69 Å². The number of nitrogens with zero attached hydrogens (tertiary/aromatic N) is 1. The number of pyridine rings is 1. The second-order valence-electron chi connectivity index (χ2n) is 4.46. The van der Waals surface area contributed by atoms with Crippen LogP contribution in [0.2, 0.25) is 0 Å². The van der Waals surface area contributed by atoms with Crippen molar-refractivity contribution >= 4 is 23.4 Å². The van der Waals surface area contributed by atoms with Gasteiger partial charge < -0.3 is 10.4 Å². The molecule has 18 heavy (non-hydrogen) atoms. The highest BCUT2D eigenvalue weighted by Gasteiger charge is 2.25. The lowest BCUT2D eigenvalue weighted by molar-refractivity contribution is 0.0697. The number of anilines is 1. The molecule has 1 heterocycles. The average Bonchev–Trinajstić information content (AvgIpc) is 2.77. The molecule has 0 spiro atoms. The zero-order valence-corrected chi connectivity index (χ0v) is 11.2. The Morgan fingerprint density at radius 3 is 3.17 bits per heavy atom. The van der Waals surface area contributed by atoms with E-state index in [4.69, 9.17) is 5.11 Å². The number of carboxylic acid groups (broad SMARTS) is 1. The van der Waals surface area contributed by atoms with Gasteiger partial charge in [-0.1, -0.05) is 6.92 Å². The molecule has 98 valence electrons. The van der Waals surface area contributed by atoms with E-state index < -0.39 is 5.97 Å². The third-order valence-electron chi connectivity index (χ3n) is 3.20. The van der Waals surface area contributed by atoms with Crippen LogP contribution >= 0.6 is 11.8 Å². The van der Waals surface area contributed by atoms with Crippen LogP contribution in [0.15, 0.2) is 18.5 Å². The highest BCUT2D eigenvalue weighted by Crippen LogP contribution is 2.32. The van der Waals surface area contributed by atoms with Gasteiger partial charge in [0, 0.05) is 23.7 Å². The second kappa shape index (κ2) is 6.09. The van der Waals surface area contributed by atoms with Crippen molar-refractivity contribution < 1.29 is 9.90 Å². The van der Waals surface area contributed by atoms with Gasteiger partial charge in [0.05, 0.1) is 5.69 Å². The number of hydrogen-bond donors (Lipinski definition) is 2. The van der Waals surface area contributed by atoms with E-state index in [1.165, 1.54) is 12.6 Å². The van der Waals surface area contributed by atoms with E-state index in [1.807, 2.05) is 11.8 Å². The molecule has 0 saturated heterocycles. The Kier molecular flexibility index (Phi) is 4.47. The molecule has 2 atom stereocenters. The monoisotopic (exact) mass is 266 g/mol. The Morgan fingerprint density at radius 1 is 1.61 bits per heavy atom. The first-order valence-electron chi connectivity index (χ1n) is 6.26. The molecule has 2 rings (SSSR count). The van der Waals surface area contributed by atoms with Crippen molar-refractivity contribution in [1.82, 2.24) is 4.98 Å². The molecular formula is C13H18N2O2S. The van der Waals surface area contributed by atoms with Gasteiger partial charge in [-0.25, -0.2) is 4.79 Å². The number of thioether (sulfide) groups is 1. The largest absolute Gasteiger partial charge is 0.478 e. The molecule has 1 saturated carbocycles. The van der Waals surface area contributed by atoms with Crippen molar-refractivity contribution in [3.8, 4) is 0 Å². The first kappa shape index (κ1) is 13.2. The van der Waals surface area contributed by atoms with Crippen LogP contribution in [0.1, 0.15) is 36.5 Å². The smallest absolute Gasteiger partial charge is 0.339 e. The van der Waals surface area contributed by atoms with E-state index in [0.717, 1.165) is 18.6 Å². The third kappa shape index (κ3) is 3.16. The summed E-state index contributed by atoms with van der Waals surface area (Å²) in [7, 11) is 0. The van der Waals surface area contributed by atoms with Crippen LogP contribution in [0.5, 0.6) is 0 Å². The first-order chi connectivity index (χ1) is 8.70. The summed E-state index contributed by atoms with van der Waals surface area (Å²) in [6.07, 6.45) is 6.46. The Bertz CT molecular complexity index is 425. The fourth-order valence-electron chi connectivity index (χ4n) is 2.37. The van der Waals surface area contributed by atoms with Gasteiger partial charge in [-0.15, -0.1) is 0 Å². The summed E-state index contributed by atoms with van der Waals surface area (Å²) in [5.41, 5.74) is 0.939. The summed E-state index contributed by atoms with van der Waals surface area (Å²) in [5, 5.41) is 13.1. The second-order valence-corrected chi connectivity index (χ2v) is 6.04. The van der Waals surface area contributed by atoms with Gasteiger partial charge in [-0.05, 0) is 31.1 Å². The Morgan fingerprint density at radius 2 is 2.44 bits per heavy atom. The van der Waals surface area contributed by atoms with Crippen molar-refractivity contribution in [1.29, 1.82) is 0 Å². The van der Waals surface area contributed by atoms with Crippen molar-refractivity contribution in [3.63, 3.8) is 0 Å². The Balaban J connectivity index is 2.00. The van der Waals surface area contributed by atoms with Crippen LogP contribution in [0.3, 0.4) is 0 Å². The molecule has 0 aliphatic heterocycles. The Hall–Kier alpha value is -1.23. The first-order valence-corrected chi connectivity index (χ1v) is 7.31. The van der Waals surface area contributed by atoms with Crippen molar-refractivity contribution in [2.24, 2.45) is 0 Å². The van der Waals surface area contributed by atoms with Gasteiger partial charge in [0.25, 0.3) is 0 Å². The highest BCUT2D eigenvalue weighted by atomic mass is 32.2. The highest BCUT2D eigenvalue weighted by molar-refractivity contribution is 7.99. The molecule has 1 aliphatic carbocycles. The minimum absolute atomic E-state index is 0.254. The minimum Gasteiger partial charge on any atom is -0.478 e. The normalized spacial score (nSPS) is 22.9. The standard InChI is InChI=1S/C13H18N2O2S/c1-2-18-10-4-3-9(7-10)15-12-5-6-14-8-11(12)13(16)17/h5-6,8-10H,2-4,7H2,1H3,(H,14,15)(H,16,17). The maximum Gasteiger partial charge on any atom is 0.339 e. The fraction of sp³-hybridized carbons (Fsp3) is 0.538. The number of aromatic nitrogens is 1. The number of rotatable bonds is 5. The molecule has 2 unspecified atom stereocenters. The molecule has 0 radical (unpaired) electrons. The molecule has 5 heteroatoms. The molecule has 1 aliphatic rings. The van der Waals surface area contributed by atoms with E-state index in [1.54, 1.807) is 12.3 Å². The zero-order chi connectivity index (χ0) is 13.0. The summed E-state index contributed by atoms with van der Waals surface area (Å²) in [4.78, 5) is 14.9. The molecule has 4 nitrogen and oxygen atoms in total. The predicted octanol–water partition coefficient (Wildman–Crippen LogP) is 2.87. The van der Waals surface area contributed by atoms with Gasteiger partial charge in [-0.2, -0.15) is 11.8 Å². The summed E-state index contributed by atoms with van der Waals surface area (Å²) in [6.45, 7) is 2.18. The lowest BCUT2D eigenvalue weighted by Crippen LogP contribution is -2.18. The van der Waals surface area contributed by atoms with E-state index in [0.29, 0.717) is 17.0 Å². The third-order valence-corrected chi connectivity index (χ3v) is 4.43. The van der Waals surface area contributed by atoms with Gasteiger partial charge in [0.1, 0.15) is 5.56 Å². The van der Waals surface area contributed by atoms with Crippen LogP contribution in [0.25, 0.3) is 0 Å². The van der Waals surface area contributed by atoms with E-state index in [2.05, 4.69) is 17.2 Å². The van der Waals surface area contributed by atoms with Crippen LogP contribution in [0, 0.1) is 0 Å². The lowest BCUT2D eigenvalue weighted by Gasteiger charge is -2.15. The lowest BCUT2D eigenvalue weighted by atomic mass is 10.2. The number of carboxylic acids is 1. The number of carbonyl (C=O) groups is 1. The van der Waals surface area contributed by atoms with E-state index >= 15 is 0 Å². The number of hydrogen-bond acceptors (Lipinski definition) is 4. The topological polar surface area (TPSA) is 62.2 Å². The molecule has 0 aromatic carbocycles. The maximum absolute atomic E-state index is 11.1. The van der Waals surface area contributed by atoms with E-state index in [-0.39, 0.29) is 5.56 Å². The van der Waals surface area contributed by atoms with E-state index in [9.17, 15) is 4.79 Å². The van der Waals surface area contributed by atoms with Gasteiger partial charge >= 0.3 is 5.97 Å². The SMILES string of the molecule is CCSC1CCC(Nc2ccncc2C(=O)O)C1. The van der Waals surface area contributed by atoms with Crippen molar-refractivity contribution in [3.05, 3.63) is 24.0 Å². The van der Waals surface area contributed by atoms with Crippen LogP contribution in [-0.4, -0.2) is 33.1 Å². The fourth-order valence-corrected chi connectivity index (χ4v) is 3.51.